The second-order valence-corrected chi connectivity index (χ2v) is 7.24. The highest BCUT2D eigenvalue weighted by Crippen LogP contribution is 2.43. The van der Waals surface area contributed by atoms with E-state index < -0.39 is 0 Å². The summed E-state index contributed by atoms with van der Waals surface area (Å²) in [6, 6.07) is 24.5. The summed E-state index contributed by atoms with van der Waals surface area (Å²) in [5.74, 6) is 2.20. The van der Waals surface area contributed by atoms with Gasteiger partial charge >= 0.3 is 0 Å². The third kappa shape index (κ3) is 4.22. The molecular weight excluding hydrogens is 424 g/mol. The molecule has 5 nitrogen and oxygen atoms in total. The summed E-state index contributed by atoms with van der Waals surface area (Å²) in [6.45, 7) is 0. The lowest BCUT2D eigenvalue weighted by atomic mass is 9.98. The molecule has 4 aromatic rings. The van der Waals surface area contributed by atoms with Crippen molar-refractivity contribution >= 4 is 23.7 Å². The van der Waals surface area contributed by atoms with Crippen LogP contribution in [0.3, 0.4) is 0 Å². The standard InChI is InChI=1S/C26H19ClN2O3/c1-30-20-11-7-17(8-12-20)24-22(15-28)26(29-16-19-5-3-4-6-23(19)27)32-25(24)18-9-13-21(31-2)14-10-18/h3-14,16H,1-2H3. The van der Waals surface area contributed by atoms with Crippen molar-refractivity contribution in [3.05, 3.63) is 88.9 Å². The average molecular weight is 443 g/mol. The zero-order valence-electron chi connectivity index (χ0n) is 17.5. The zero-order chi connectivity index (χ0) is 22.5. The largest absolute Gasteiger partial charge is 0.497 e. The predicted octanol–water partition coefficient (Wildman–Crippen LogP) is 6.91. The van der Waals surface area contributed by atoms with Crippen molar-refractivity contribution in [2.24, 2.45) is 4.99 Å². The monoisotopic (exact) mass is 442 g/mol. The Kier molecular flexibility index (Phi) is 6.25. The number of benzene rings is 3. The van der Waals surface area contributed by atoms with Gasteiger partial charge in [0.05, 0.1) is 14.2 Å². The topological polar surface area (TPSA) is 67.8 Å². The summed E-state index contributed by atoms with van der Waals surface area (Å²) < 4.78 is 16.7. The maximum absolute atomic E-state index is 10.0. The minimum absolute atomic E-state index is 0.212. The summed E-state index contributed by atoms with van der Waals surface area (Å²) >= 11 is 6.24. The van der Waals surface area contributed by atoms with Gasteiger partial charge in [-0.2, -0.15) is 5.26 Å². The lowest BCUT2D eigenvalue weighted by molar-refractivity contribution is 0.414. The maximum atomic E-state index is 10.0. The number of nitrogens with zero attached hydrogens (tertiary/aromatic N) is 2. The van der Waals surface area contributed by atoms with Crippen LogP contribution in [-0.2, 0) is 0 Å². The molecule has 0 bridgehead atoms. The lowest BCUT2D eigenvalue weighted by Crippen LogP contribution is -1.87. The van der Waals surface area contributed by atoms with Gasteiger partial charge in [-0.15, -0.1) is 0 Å². The Bertz CT molecular complexity index is 1300. The van der Waals surface area contributed by atoms with Gasteiger partial charge in [0.15, 0.2) is 0 Å². The number of rotatable bonds is 6. The first-order chi connectivity index (χ1) is 15.6. The number of ether oxygens (including phenoxy) is 2. The Morgan fingerprint density at radius 2 is 1.47 bits per heavy atom. The molecule has 6 heteroatoms. The van der Waals surface area contributed by atoms with E-state index in [0.29, 0.717) is 21.9 Å². The second kappa shape index (κ2) is 9.42. The molecule has 0 unspecified atom stereocenters. The van der Waals surface area contributed by atoms with Crippen LogP contribution in [0, 0.1) is 11.3 Å². The normalized spacial score (nSPS) is 10.8. The molecule has 1 heterocycles. The highest BCUT2D eigenvalue weighted by Gasteiger charge is 2.23. The van der Waals surface area contributed by atoms with Crippen LogP contribution in [-0.4, -0.2) is 20.4 Å². The number of nitriles is 1. The van der Waals surface area contributed by atoms with Crippen molar-refractivity contribution in [1.82, 2.24) is 0 Å². The summed E-state index contributed by atoms with van der Waals surface area (Å²) in [5, 5.41) is 10.6. The fourth-order valence-corrected chi connectivity index (χ4v) is 3.49. The molecule has 1 aromatic heterocycles. The summed E-state index contributed by atoms with van der Waals surface area (Å²) in [6.07, 6.45) is 1.59. The number of aliphatic imine (C=N–C) groups is 1. The predicted molar refractivity (Wildman–Crippen MR) is 126 cm³/mol. The van der Waals surface area contributed by atoms with Crippen molar-refractivity contribution in [2.75, 3.05) is 14.2 Å². The van der Waals surface area contributed by atoms with E-state index >= 15 is 0 Å². The van der Waals surface area contributed by atoms with Crippen molar-refractivity contribution < 1.29 is 13.9 Å². The van der Waals surface area contributed by atoms with Gasteiger partial charge in [0.25, 0.3) is 0 Å². The molecule has 3 aromatic carbocycles. The molecule has 0 radical (unpaired) electrons. The summed E-state index contributed by atoms with van der Waals surface area (Å²) in [7, 11) is 3.22. The van der Waals surface area contributed by atoms with Crippen LogP contribution in [0.5, 0.6) is 11.5 Å². The second-order valence-electron chi connectivity index (χ2n) is 6.83. The van der Waals surface area contributed by atoms with E-state index in [4.69, 9.17) is 25.5 Å². The molecule has 0 N–H and O–H groups in total. The molecule has 0 aliphatic rings. The van der Waals surface area contributed by atoms with Crippen LogP contribution in [0.4, 0.5) is 5.88 Å². The Morgan fingerprint density at radius 3 is 2.03 bits per heavy atom. The highest BCUT2D eigenvalue weighted by molar-refractivity contribution is 6.33. The summed E-state index contributed by atoms with van der Waals surface area (Å²) in [5.41, 5.74) is 3.34. The van der Waals surface area contributed by atoms with Crippen molar-refractivity contribution in [2.45, 2.75) is 0 Å². The molecular formula is C26H19ClN2O3. The van der Waals surface area contributed by atoms with Crippen LogP contribution in [0.2, 0.25) is 5.02 Å². The average Bonchev–Trinajstić information content (AvgIpc) is 3.22. The maximum Gasteiger partial charge on any atom is 0.238 e. The molecule has 0 aliphatic heterocycles. The van der Waals surface area contributed by atoms with Crippen LogP contribution < -0.4 is 9.47 Å². The number of hydrogen-bond acceptors (Lipinski definition) is 5. The van der Waals surface area contributed by atoms with Crippen LogP contribution in [0.15, 0.2) is 82.2 Å². The van der Waals surface area contributed by atoms with E-state index in [1.165, 1.54) is 0 Å². The molecule has 0 saturated heterocycles. The van der Waals surface area contributed by atoms with Crippen molar-refractivity contribution in [3.63, 3.8) is 0 Å². The third-order valence-electron chi connectivity index (χ3n) is 4.96. The smallest absolute Gasteiger partial charge is 0.238 e. The fraction of sp³-hybridized carbons (Fsp3) is 0.0769. The molecule has 0 fully saturated rings. The highest BCUT2D eigenvalue weighted by atomic mass is 35.5. The van der Waals surface area contributed by atoms with Crippen molar-refractivity contribution in [3.8, 4) is 40.0 Å². The Balaban J connectivity index is 1.88. The van der Waals surface area contributed by atoms with Gasteiger partial charge in [-0.3, -0.25) is 0 Å². The first-order valence-corrected chi connectivity index (χ1v) is 10.2. The molecule has 158 valence electrons. The minimum atomic E-state index is 0.212. The SMILES string of the molecule is COc1ccc(-c2oc(N=Cc3ccccc3Cl)c(C#N)c2-c2ccc(OC)cc2)cc1. The fourth-order valence-electron chi connectivity index (χ4n) is 3.30. The zero-order valence-corrected chi connectivity index (χ0v) is 18.3. The van der Waals surface area contributed by atoms with E-state index in [1.807, 2.05) is 66.7 Å². The first-order valence-electron chi connectivity index (χ1n) is 9.79. The van der Waals surface area contributed by atoms with Crippen LogP contribution in [0.1, 0.15) is 11.1 Å². The number of methoxy groups -OCH3 is 2. The van der Waals surface area contributed by atoms with Gasteiger partial charge in [0, 0.05) is 27.9 Å². The molecule has 0 spiro atoms. The van der Waals surface area contributed by atoms with E-state index in [9.17, 15) is 5.26 Å². The number of furan rings is 1. The van der Waals surface area contributed by atoms with Gasteiger partial charge in [-0.05, 0) is 48.0 Å². The summed E-state index contributed by atoms with van der Waals surface area (Å²) in [4.78, 5) is 4.46. The van der Waals surface area contributed by atoms with Gasteiger partial charge in [0.2, 0.25) is 5.88 Å². The van der Waals surface area contributed by atoms with Crippen LogP contribution in [0.25, 0.3) is 22.5 Å². The molecule has 0 saturated carbocycles. The van der Waals surface area contributed by atoms with E-state index in [1.54, 1.807) is 26.5 Å². The third-order valence-corrected chi connectivity index (χ3v) is 5.30. The molecule has 0 amide bonds. The van der Waals surface area contributed by atoms with Gasteiger partial charge in [-0.25, -0.2) is 4.99 Å². The minimum Gasteiger partial charge on any atom is -0.497 e. The Morgan fingerprint density at radius 1 is 0.875 bits per heavy atom. The van der Waals surface area contributed by atoms with Gasteiger partial charge in [0.1, 0.15) is 28.9 Å². The van der Waals surface area contributed by atoms with E-state index in [0.717, 1.165) is 28.2 Å². The van der Waals surface area contributed by atoms with Crippen molar-refractivity contribution in [1.29, 1.82) is 5.26 Å². The van der Waals surface area contributed by atoms with Gasteiger partial charge in [-0.1, -0.05) is 41.9 Å². The lowest BCUT2D eigenvalue weighted by Gasteiger charge is -2.06. The molecule has 4 rings (SSSR count). The van der Waals surface area contributed by atoms with Crippen LogP contribution >= 0.6 is 11.6 Å². The molecule has 0 aliphatic carbocycles. The molecule has 32 heavy (non-hydrogen) atoms. The quantitative estimate of drug-likeness (QED) is 0.304. The van der Waals surface area contributed by atoms with Gasteiger partial charge < -0.3 is 13.9 Å². The molecule has 0 atom stereocenters. The Labute approximate surface area is 191 Å². The Hall–Kier alpha value is -4.01. The van der Waals surface area contributed by atoms with E-state index in [-0.39, 0.29) is 5.88 Å². The number of hydrogen-bond donors (Lipinski definition) is 0. The first kappa shape index (κ1) is 21.2. The van der Waals surface area contributed by atoms with E-state index in [2.05, 4.69) is 11.1 Å². The number of halogens is 1.